The molecule has 1 atom stereocenters. The summed E-state index contributed by atoms with van der Waals surface area (Å²) >= 11 is 0. The first-order chi connectivity index (χ1) is 6.29. The molecule has 0 amide bonds. The van der Waals surface area contributed by atoms with Crippen molar-refractivity contribution in [3.63, 3.8) is 0 Å². The third kappa shape index (κ3) is 7.06. The average molecular weight is 184 g/mol. The van der Waals surface area contributed by atoms with E-state index < -0.39 is 0 Å². The van der Waals surface area contributed by atoms with Gasteiger partial charge in [0.25, 0.3) is 0 Å². The second kappa shape index (κ2) is 6.42. The molecule has 1 saturated heterocycles. The van der Waals surface area contributed by atoms with E-state index in [4.69, 9.17) is 4.74 Å². The van der Waals surface area contributed by atoms with Gasteiger partial charge in [-0.3, -0.25) is 0 Å². The minimum absolute atomic E-state index is 0.649. The zero-order chi connectivity index (χ0) is 9.52. The third-order valence-electron chi connectivity index (χ3n) is 2.71. The number of unbranched alkanes of at least 4 members (excludes halogenated alkanes) is 4. The summed E-state index contributed by atoms with van der Waals surface area (Å²) < 4.78 is 5.17. The molecule has 1 aliphatic rings. The first kappa shape index (κ1) is 11.0. The van der Waals surface area contributed by atoms with E-state index in [0.717, 1.165) is 12.5 Å². The predicted molar refractivity (Wildman–Crippen MR) is 56.9 cm³/mol. The molecule has 1 fully saturated rings. The van der Waals surface area contributed by atoms with Gasteiger partial charge in [0.2, 0.25) is 0 Å². The molecule has 0 aromatic heterocycles. The van der Waals surface area contributed by atoms with E-state index in [1.807, 2.05) is 0 Å². The van der Waals surface area contributed by atoms with Gasteiger partial charge < -0.3 is 4.74 Å². The highest BCUT2D eigenvalue weighted by molar-refractivity contribution is 4.68. The van der Waals surface area contributed by atoms with E-state index in [1.54, 1.807) is 0 Å². The fraction of sp³-hybridized carbons (Fsp3) is 1.00. The Kier molecular flexibility index (Phi) is 5.45. The van der Waals surface area contributed by atoms with E-state index >= 15 is 0 Å². The van der Waals surface area contributed by atoms with Gasteiger partial charge in [0, 0.05) is 0 Å². The van der Waals surface area contributed by atoms with Crippen molar-refractivity contribution in [2.45, 2.75) is 64.9 Å². The number of hydrogen-bond acceptors (Lipinski definition) is 1. The van der Waals surface area contributed by atoms with Gasteiger partial charge in [0.15, 0.2) is 0 Å². The topological polar surface area (TPSA) is 12.5 Å². The molecule has 1 unspecified atom stereocenters. The van der Waals surface area contributed by atoms with Crippen LogP contribution in [0, 0.1) is 5.92 Å². The SMILES string of the molecule is CC(C)CCCCCCCC1CO1. The van der Waals surface area contributed by atoms with E-state index in [0.29, 0.717) is 6.10 Å². The van der Waals surface area contributed by atoms with Gasteiger partial charge in [-0.1, -0.05) is 52.4 Å². The molecule has 0 aromatic rings. The first-order valence-electron chi connectivity index (χ1n) is 5.90. The predicted octanol–water partition coefficient (Wildman–Crippen LogP) is 3.77. The van der Waals surface area contributed by atoms with Crippen LogP contribution in [0.25, 0.3) is 0 Å². The number of hydrogen-bond donors (Lipinski definition) is 0. The molecule has 0 saturated carbocycles. The lowest BCUT2D eigenvalue weighted by molar-refractivity contribution is 0.387. The van der Waals surface area contributed by atoms with Crippen LogP contribution in [-0.2, 0) is 4.74 Å². The van der Waals surface area contributed by atoms with Crippen LogP contribution in [0.3, 0.4) is 0 Å². The Labute approximate surface area is 82.9 Å². The van der Waals surface area contributed by atoms with E-state index in [1.165, 1.54) is 44.9 Å². The molecule has 0 radical (unpaired) electrons. The van der Waals surface area contributed by atoms with Crippen LogP contribution in [0.1, 0.15) is 58.8 Å². The van der Waals surface area contributed by atoms with Crippen LogP contribution >= 0.6 is 0 Å². The highest BCUT2D eigenvalue weighted by Crippen LogP contribution is 2.18. The van der Waals surface area contributed by atoms with Crippen LogP contribution in [0.5, 0.6) is 0 Å². The minimum Gasteiger partial charge on any atom is -0.373 e. The Morgan fingerprint density at radius 3 is 2.31 bits per heavy atom. The summed E-state index contributed by atoms with van der Waals surface area (Å²) in [6.07, 6.45) is 10.5. The number of epoxide rings is 1. The highest BCUT2D eigenvalue weighted by atomic mass is 16.6. The van der Waals surface area contributed by atoms with Crippen LogP contribution in [0.2, 0.25) is 0 Å². The van der Waals surface area contributed by atoms with Gasteiger partial charge in [-0.2, -0.15) is 0 Å². The van der Waals surface area contributed by atoms with Crippen molar-refractivity contribution in [1.82, 2.24) is 0 Å². The molecule has 1 heterocycles. The minimum atomic E-state index is 0.649. The monoisotopic (exact) mass is 184 g/mol. The fourth-order valence-electron chi connectivity index (χ4n) is 1.69. The van der Waals surface area contributed by atoms with Gasteiger partial charge in [0.05, 0.1) is 12.7 Å². The third-order valence-corrected chi connectivity index (χ3v) is 2.71. The molecule has 1 aliphatic heterocycles. The zero-order valence-electron chi connectivity index (χ0n) is 9.22. The summed E-state index contributed by atoms with van der Waals surface area (Å²) in [5.41, 5.74) is 0. The van der Waals surface area contributed by atoms with Gasteiger partial charge >= 0.3 is 0 Å². The summed E-state index contributed by atoms with van der Waals surface area (Å²) in [7, 11) is 0. The van der Waals surface area contributed by atoms with Crippen molar-refractivity contribution in [2.75, 3.05) is 6.61 Å². The molecule has 0 aromatic carbocycles. The number of ether oxygens (including phenoxy) is 1. The second-order valence-corrected chi connectivity index (χ2v) is 4.69. The van der Waals surface area contributed by atoms with Crippen LogP contribution in [0.15, 0.2) is 0 Å². The molecule has 1 heteroatoms. The maximum Gasteiger partial charge on any atom is 0.0810 e. The Hall–Kier alpha value is -0.0400. The maximum atomic E-state index is 5.17. The van der Waals surface area contributed by atoms with Crippen molar-refractivity contribution >= 4 is 0 Å². The lowest BCUT2D eigenvalue weighted by Gasteiger charge is -2.03. The molecule has 0 bridgehead atoms. The summed E-state index contributed by atoms with van der Waals surface area (Å²) in [5.74, 6) is 0.889. The molecule has 78 valence electrons. The maximum absolute atomic E-state index is 5.17. The molecule has 0 N–H and O–H groups in total. The highest BCUT2D eigenvalue weighted by Gasteiger charge is 2.20. The Morgan fingerprint density at radius 2 is 1.69 bits per heavy atom. The van der Waals surface area contributed by atoms with E-state index in [2.05, 4.69) is 13.8 Å². The molecular formula is C12H24O. The standard InChI is InChI=1S/C12H24O/c1-11(2)8-6-4-3-5-7-9-12-10-13-12/h11-12H,3-10H2,1-2H3. The fourth-order valence-corrected chi connectivity index (χ4v) is 1.69. The van der Waals surface area contributed by atoms with Gasteiger partial charge in [-0.05, 0) is 12.3 Å². The molecule has 13 heavy (non-hydrogen) atoms. The van der Waals surface area contributed by atoms with Crippen molar-refractivity contribution in [3.8, 4) is 0 Å². The smallest absolute Gasteiger partial charge is 0.0810 e. The normalized spacial score (nSPS) is 21.0. The van der Waals surface area contributed by atoms with Crippen molar-refractivity contribution in [1.29, 1.82) is 0 Å². The van der Waals surface area contributed by atoms with E-state index in [-0.39, 0.29) is 0 Å². The summed E-state index contributed by atoms with van der Waals surface area (Å²) in [6.45, 7) is 5.65. The van der Waals surface area contributed by atoms with E-state index in [9.17, 15) is 0 Å². The Morgan fingerprint density at radius 1 is 1.08 bits per heavy atom. The van der Waals surface area contributed by atoms with Gasteiger partial charge in [0.1, 0.15) is 0 Å². The molecule has 1 nitrogen and oxygen atoms in total. The molecular weight excluding hydrogens is 160 g/mol. The summed E-state index contributed by atoms with van der Waals surface area (Å²) in [6, 6.07) is 0. The number of rotatable bonds is 8. The van der Waals surface area contributed by atoms with Crippen LogP contribution < -0.4 is 0 Å². The first-order valence-corrected chi connectivity index (χ1v) is 5.90. The van der Waals surface area contributed by atoms with Crippen molar-refractivity contribution < 1.29 is 4.74 Å². The Balaban J connectivity index is 1.68. The second-order valence-electron chi connectivity index (χ2n) is 4.69. The quantitative estimate of drug-likeness (QED) is 0.413. The van der Waals surface area contributed by atoms with Crippen LogP contribution in [-0.4, -0.2) is 12.7 Å². The van der Waals surface area contributed by atoms with Crippen molar-refractivity contribution in [2.24, 2.45) is 5.92 Å². The lowest BCUT2D eigenvalue weighted by atomic mass is 10.0. The summed E-state index contributed by atoms with van der Waals surface area (Å²) in [5, 5.41) is 0. The van der Waals surface area contributed by atoms with Crippen molar-refractivity contribution in [3.05, 3.63) is 0 Å². The van der Waals surface area contributed by atoms with Crippen LogP contribution in [0.4, 0.5) is 0 Å². The van der Waals surface area contributed by atoms with Gasteiger partial charge in [-0.25, -0.2) is 0 Å². The molecule has 1 rings (SSSR count). The lowest BCUT2D eigenvalue weighted by Crippen LogP contribution is -1.88. The molecule has 0 aliphatic carbocycles. The Bertz CT molecular complexity index is 110. The average Bonchev–Trinajstić information content (AvgIpc) is 2.86. The summed E-state index contributed by atoms with van der Waals surface area (Å²) in [4.78, 5) is 0. The van der Waals surface area contributed by atoms with Gasteiger partial charge in [-0.15, -0.1) is 0 Å². The zero-order valence-corrected chi connectivity index (χ0v) is 9.22. The molecule has 0 spiro atoms. The largest absolute Gasteiger partial charge is 0.373 e.